The average molecular weight is 342 g/mol. The van der Waals surface area contributed by atoms with Gasteiger partial charge in [0.1, 0.15) is 10.8 Å². The Morgan fingerprint density at radius 3 is 2.95 bits per heavy atom. The van der Waals surface area contributed by atoms with Crippen molar-refractivity contribution in [1.29, 1.82) is 0 Å². The standard InChI is InChI=1S/C13H16BrN3OS/c1-15-13-17-16-12(19-13)7-2-3-8-18-11-6-4-5-10(14)9-11/h4-6,9H,2-3,7-8H2,1H3,(H,15,17). The van der Waals surface area contributed by atoms with Crippen molar-refractivity contribution in [2.45, 2.75) is 19.3 Å². The van der Waals surface area contributed by atoms with Crippen molar-refractivity contribution in [2.75, 3.05) is 19.0 Å². The van der Waals surface area contributed by atoms with E-state index < -0.39 is 0 Å². The molecule has 0 amide bonds. The number of halogens is 1. The SMILES string of the molecule is CNc1nnc(CCCCOc2cccc(Br)c2)s1. The summed E-state index contributed by atoms with van der Waals surface area (Å²) in [5, 5.41) is 13.1. The Kier molecular flexibility index (Phi) is 5.60. The fraction of sp³-hybridized carbons (Fsp3) is 0.385. The maximum absolute atomic E-state index is 5.68. The normalized spacial score (nSPS) is 10.4. The molecule has 2 aromatic rings. The number of aromatic nitrogens is 2. The fourth-order valence-electron chi connectivity index (χ4n) is 1.58. The Labute approximate surface area is 125 Å². The maximum atomic E-state index is 5.68. The van der Waals surface area contributed by atoms with Gasteiger partial charge in [0.05, 0.1) is 6.61 Å². The molecule has 0 saturated carbocycles. The second-order valence-electron chi connectivity index (χ2n) is 4.01. The third-order valence-corrected chi connectivity index (χ3v) is 4.02. The highest BCUT2D eigenvalue weighted by atomic mass is 79.9. The van der Waals surface area contributed by atoms with E-state index in [1.807, 2.05) is 31.3 Å². The molecule has 4 nitrogen and oxygen atoms in total. The molecular formula is C13H16BrN3OS. The van der Waals surface area contributed by atoms with Crippen LogP contribution >= 0.6 is 27.3 Å². The Morgan fingerprint density at radius 2 is 2.21 bits per heavy atom. The molecule has 0 aliphatic carbocycles. The number of anilines is 1. The van der Waals surface area contributed by atoms with Gasteiger partial charge in [-0.05, 0) is 31.0 Å². The molecule has 1 N–H and O–H groups in total. The van der Waals surface area contributed by atoms with E-state index in [1.54, 1.807) is 11.3 Å². The number of hydrogen-bond acceptors (Lipinski definition) is 5. The van der Waals surface area contributed by atoms with Crippen LogP contribution in [0.5, 0.6) is 5.75 Å². The summed E-state index contributed by atoms with van der Waals surface area (Å²) in [5.74, 6) is 0.905. The van der Waals surface area contributed by atoms with Gasteiger partial charge in [-0.15, -0.1) is 10.2 Å². The molecular weight excluding hydrogens is 326 g/mol. The monoisotopic (exact) mass is 341 g/mol. The minimum atomic E-state index is 0.730. The van der Waals surface area contributed by atoms with Crippen LogP contribution in [-0.4, -0.2) is 23.9 Å². The number of benzene rings is 1. The molecule has 6 heteroatoms. The van der Waals surface area contributed by atoms with Gasteiger partial charge in [0.25, 0.3) is 0 Å². The third kappa shape index (κ3) is 4.80. The first-order chi connectivity index (χ1) is 9.28. The van der Waals surface area contributed by atoms with Gasteiger partial charge in [-0.25, -0.2) is 0 Å². The number of ether oxygens (including phenoxy) is 1. The minimum absolute atomic E-state index is 0.730. The van der Waals surface area contributed by atoms with Crippen LogP contribution < -0.4 is 10.1 Å². The zero-order valence-corrected chi connectivity index (χ0v) is 13.1. The van der Waals surface area contributed by atoms with Gasteiger partial charge in [0.15, 0.2) is 0 Å². The lowest BCUT2D eigenvalue weighted by atomic mass is 10.2. The number of aryl methyl sites for hydroxylation is 1. The number of hydrogen-bond donors (Lipinski definition) is 1. The number of rotatable bonds is 7. The second kappa shape index (κ2) is 7.45. The highest BCUT2D eigenvalue weighted by molar-refractivity contribution is 9.10. The lowest BCUT2D eigenvalue weighted by Crippen LogP contribution is -1.98. The highest BCUT2D eigenvalue weighted by Gasteiger charge is 2.02. The number of unbranched alkanes of at least 4 members (excludes halogenated alkanes) is 1. The summed E-state index contributed by atoms with van der Waals surface area (Å²) in [6.07, 6.45) is 3.04. The first kappa shape index (κ1) is 14.3. The van der Waals surface area contributed by atoms with E-state index in [9.17, 15) is 0 Å². The van der Waals surface area contributed by atoms with E-state index >= 15 is 0 Å². The summed E-state index contributed by atoms with van der Waals surface area (Å²) in [6.45, 7) is 0.730. The first-order valence-electron chi connectivity index (χ1n) is 6.16. The third-order valence-electron chi connectivity index (χ3n) is 2.53. The largest absolute Gasteiger partial charge is 0.494 e. The van der Waals surface area contributed by atoms with Gasteiger partial charge >= 0.3 is 0 Å². The van der Waals surface area contributed by atoms with Crippen LogP contribution in [0.25, 0.3) is 0 Å². The van der Waals surface area contributed by atoms with Crippen LogP contribution in [0.2, 0.25) is 0 Å². The molecule has 1 heterocycles. The summed E-state index contributed by atoms with van der Waals surface area (Å²) in [5.41, 5.74) is 0. The maximum Gasteiger partial charge on any atom is 0.205 e. The smallest absolute Gasteiger partial charge is 0.205 e. The molecule has 0 unspecified atom stereocenters. The van der Waals surface area contributed by atoms with Crippen LogP contribution in [0.4, 0.5) is 5.13 Å². The van der Waals surface area contributed by atoms with Crippen molar-refractivity contribution in [2.24, 2.45) is 0 Å². The Balaban J connectivity index is 1.64. The molecule has 0 fully saturated rings. The van der Waals surface area contributed by atoms with Crippen molar-refractivity contribution in [3.8, 4) is 5.75 Å². The topological polar surface area (TPSA) is 47.0 Å². The lowest BCUT2D eigenvalue weighted by Gasteiger charge is -2.05. The van der Waals surface area contributed by atoms with E-state index in [2.05, 4.69) is 31.4 Å². The first-order valence-corrected chi connectivity index (χ1v) is 7.77. The molecule has 19 heavy (non-hydrogen) atoms. The predicted molar refractivity (Wildman–Crippen MR) is 82.0 cm³/mol. The quantitative estimate of drug-likeness (QED) is 0.779. The molecule has 0 radical (unpaired) electrons. The van der Waals surface area contributed by atoms with Gasteiger partial charge in [-0.1, -0.05) is 33.3 Å². The van der Waals surface area contributed by atoms with Crippen molar-refractivity contribution in [3.63, 3.8) is 0 Å². The van der Waals surface area contributed by atoms with Crippen LogP contribution in [-0.2, 0) is 6.42 Å². The Hall–Kier alpha value is -1.14. The molecule has 102 valence electrons. The molecule has 0 atom stereocenters. The zero-order chi connectivity index (χ0) is 13.5. The lowest BCUT2D eigenvalue weighted by molar-refractivity contribution is 0.306. The Morgan fingerprint density at radius 1 is 1.32 bits per heavy atom. The highest BCUT2D eigenvalue weighted by Crippen LogP contribution is 2.19. The molecule has 0 spiro atoms. The average Bonchev–Trinajstić information content (AvgIpc) is 2.86. The van der Waals surface area contributed by atoms with Crippen LogP contribution in [0, 0.1) is 0 Å². The van der Waals surface area contributed by atoms with Crippen molar-refractivity contribution in [3.05, 3.63) is 33.7 Å². The minimum Gasteiger partial charge on any atom is -0.494 e. The molecule has 0 bridgehead atoms. The van der Waals surface area contributed by atoms with Gasteiger partial charge in [0.2, 0.25) is 5.13 Å². The summed E-state index contributed by atoms with van der Waals surface area (Å²) in [7, 11) is 1.86. The Bertz CT molecular complexity index is 518. The summed E-state index contributed by atoms with van der Waals surface area (Å²) in [4.78, 5) is 0. The molecule has 1 aromatic heterocycles. The fourth-order valence-corrected chi connectivity index (χ4v) is 2.69. The van der Waals surface area contributed by atoms with Gasteiger partial charge < -0.3 is 10.1 Å². The van der Waals surface area contributed by atoms with E-state index in [-0.39, 0.29) is 0 Å². The summed E-state index contributed by atoms with van der Waals surface area (Å²) >= 11 is 5.03. The van der Waals surface area contributed by atoms with Crippen LogP contribution in [0.15, 0.2) is 28.7 Å². The molecule has 2 rings (SSSR count). The van der Waals surface area contributed by atoms with Gasteiger partial charge in [-0.2, -0.15) is 0 Å². The molecule has 0 aliphatic rings. The molecule has 1 aromatic carbocycles. The van der Waals surface area contributed by atoms with Gasteiger partial charge in [-0.3, -0.25) is 0 Å². The van der Waals surface area contributed by atoms with E-state index in [0.29, 0.717) is 0 Å². The number of nitrogens with one attached hydrogen (secondary N) is 1. The number of nitrogens with zero attached hydrogens (tertiary/aromatic N) is 2. The van der Waals surface area contributed by atoms with Gasteiger partial charge in [0, 0.05) is 17.9 Å². The van der Waals surface area contributed by atoms with Crippen molar-refractivity contribution in [1.82, 2.24) is 10.2 Å². The van der Waals surface area contributed by atoms with E-state index in [0.717, 1.165) is 46.2 Å². The van der Waals surface area contributed by atoms with E-state index in [4.69, 9.17) is 4.74 Å². The predicted octanol–water partition coefficient (Wildman–Crippen LogP) is 3.74. The van der Waals surface area contributed by atoms with Crippen LogP contribution in [0.1, 0.15) is 17.8 Å². The summed E-state index contributed by atoms with van der Waals surface area (Å²) < 4.78 is 6.72. The molecule has 0 saturated heterocycles. The van der Waals surface area contributed by atoms with Crippen LogP contribution in [0.3, 0.4) is 0 Å². The zero-order valence-electron chi connectivity index (χ0n) is 10.7. The van der Waals surface area contributed by atoms with E-state index in [1.165, 1.54) is 0 Å². The summed E-state index contributed by atoms with van der Waals surface area (Å²) in [6, 6.07) is 7.90. The van der Waals surface area contributed by atoms with Crippen molar-refractivity contribution >= 4 is 32.4 Å². The molecule has 0 aliphatic heterocycles. The van der Waals surface area contributed by atoms with Crippen molar-refractivity contribution < 1.29 is 4.74 Å². The second-order valence-corrected chi connectivity index (χ2v) is 5.99.